The van der Waals surface area contributed by atoms with E-state index >= 15 is 0 Å². The van der Waals surface area contributed by atoms with Gasteiger partial charge in [-0.25, -0.2) is 0 Å². The highest BCUT2D eigenvalue weighted by Gasteiger charge is 2.08. The molecule has 0 fully saturated rings. The molecular weight excluding hydrogens is 276 g/mol. The van der Waals surface area contributed by atoms with E-state index in [2.05, 4.69) is 10.2 Å². The maximum atomic E-state index is 10.5. The normalized spacial score (nSPS) is 9.40. The number of nitro groups is 1. The monoisotopic (exact) mass is 286 g/mol. The standard InChI is InChI=1S/C8H9N5O3.HNO3/c9-8(10)12-11-4-5-3-6(13(15)16)1-2-7(5)14;2-1(3)4/h1-4,14H,(H4,9,10,12);(H,2,3,4)/b11-4+;. The summed E-state index contributed by atoms with van der Waals surface area (Å²) in [6.45, 7) is 0. The minimum absolute atomic E-state index is 0.152. The lowest BCUT2D eigenvalue weighted by atomic mass is 10.2. The van der Waals surface area contributed by atoms with Gasteiger partial charge in [-0.3, -0.25) is 10.1 Å². The predicted molar refractivity (Wildman–Crippen MR) is 66.9 cm³/mol. The largest absolute Gasteiger partial charge is 0.507 e. The first kappa shape index (κ1) is 16.6. The van der Waals surface area contributed by atoms with E-state index in [9.17, 15) is 15.2 Å². The van der Waals surface area contributed by atoms with Crippen molar-refractivity contribution in [3.63, 3.8) is 0 Å². The molecule has 0 heterocycles. The van der Waals surface area contributed by atoms with Crippen LogP contribution in [0, 0.1) is 20.2 Å². The molecule has 0 saturated carbocycles. The Morgan fingerprint density at radius 3 is 2.30 bits per heavy atom. The van der Waals surface area contributed by atoms with Crippen LogP contribution >= 0.6 is 0 Å². The zero-order valence-corrected chi connectivity index (χ0v) is 9.78. The number of rotatable bonds is 3. The molecule has 1 aromatic rings. The lowest BCUT2D eigenvalue weighted by molar-refractivity contribution is -0.742. The van der Waals surface area contributed by atoms with Crippen LogP contribution in [0.4, 0.5) is 5.69 Å². The molecule has 1 aromatic carbocycles. The molecule has 0 spiro atoms. The Morgan fingerprint density at radius 2 is 1.85 bits per heavy atom. The van der Waals surface area contributed by atoms with Crippen LogP contribution in [0.25, 0.3) is 0 Å². The van der Waals surface area contributed by atoms with Gasteiger partial charge in [0.2, 0.25) is 5.96 Å². The molecule has 20 heavy (non-hydrogen) atoms. The molecule has 0 aliphatic rings. The molecule has 0 radical (unpaired) electrons. The van der Waals surface area contributed by atoms with Gasteiger partial charge in [0.05, 0.1) is 11.1 Å². The Bertz CT molecular complexity index is 548. The zero-order chi connectivity index (χ0) is 15.7. The molecule has 12 nitrogen and oxygen atoms in total. The maximum absolute atomic E-state index is 10.5. The summed E-state index contributed by atoms with van der Waals surface area (Å²) in [6.07, 6.45) is 1.11. The summed E-state index contributed by atoms with van der Waals surface area (Å²) in [7, 11) is 0. The van der Waals surface area contributed by atoms with E-state index in [1.165, 1.54) is 12.1 Å². The van der Waals surface area contributed by atoms with Gasteiger partial charge in [0, 0.05) is 17.7 Å². The lowest BCUT2D eigenvalue weighted by Gasteiger charge is -1.97. The number of aromatic hydroxyl groups is 1. The molecule has 6 N–H and O–H groups in total. The highest BCUT2D eigenvalue weighted by molar-refractivity contribution is 5.85. The Hall–Kier alpha value is -3.44. The summed E-state index contributed by atoms with van der Waals surface area (Å²) in [6, 6.07) is 3.52. The van der Waals surface area contributed by atoms with Gasteiger partial charge in [-0.1, -0.05) is 0 Å². The molecule has 1 rings (SSSR count). The fourth-order valence-corrected chi connectivity index (χ4v) is 0.917. The number of non-ortho nitro benzene ring substituents is 1. The van der Waals surface area contributed by atoms with E-state index in [1.807, 2.05) is 0 Å². The van der Waals surface area contributed by atoms with Crippen LogP contribution in [0.3, 0.4) is 0 Å². The van der Waals surface area contributed by atoms with Gasteiger partial charge in [0.1, 0.15) is 5.75 Å². The average Bonchev–Trinajstić information content (AvgIpc) is 2.30. The van der Waals surface area contributed by atoms with Crippen molar-refractivity contribution >= 4 is 17.9 Å². The third-order valence-corrected chi connectivity index (χ3v) is 1.59. The Morgan fingerprint density at radius 1 is 1.30 bits per heavy atom. The molecule has 12 heteroatoms. The predicted octanol–water partition coefficient (Wildman–Crippen LogP) is -0.440. The van der Waals surface area contributed by atoms with Gasteiger partial charge in [-0.15, -0.1) is 15.2 Å². The fraction of sp³-hybridized carbons (Fsp3) is 0. The van der Waals surface area contributed by atoms with Crippen LogP contribution in [0.15, 0.2) is 28.4 Å². The van der Waals surface area contributed by atoms with Crippen molar-refractivity contribution in [1.29, 1.82) is 0 Å². The third-order valence-electron chi connectivity index (χ3n) is 1.59. The minimum atomic E-state index is -1.50. The SMILES string of the molecule is NC(N)=N/N=C/c1cc([N+](=O)[O-])ccc1O.O=[N+]([O-])O. The Labute approximate surface area is 110 Å². The quantitative estimate of drug-likeness (QED) is 0.247. The first-order valence-corrected chi connectivity index (χ1v) is 4.66. The summed E-state index contributed by atoms with van der Waals surface area (Å²) >= 11 is 0. The molecule has 0 unspecified atom stereocenters. The number of guanidine groups is 1. The molecular formula is C8H10N6O6. The average molecular weight is 286 g/mol. The van der Waals surface area contributed by atoms with Gasteiger partial charge in [-0.05, 0) is 6.07 Å². The number of nitrogens with zero attached hydrogens (tertiary/aromatic N) is 4. The Kier molecular flexibility index (Phi) is 6.46. The van der Waals surface area contributed by atoms with Gasteiger partial charge >= 0.3 is 0 Å². The van der Waals surface area contributed by atoms with Crippen molar-refractivity contribution in [1.82, 2.24) is 0 Å². The number of nitrogens with two attached hydrogens (primary N) is 2. The third kappa shape index (κ3) is 7.00. The molecule has 0 saturated heterocycles. The second-order valence-corrected chi connectivity index (χ2v) is 3.01. The zero-order valence-electron chi connectivity index (χ0n) is 9.78. The van der Waals surface area contributed by atoms with Gasteiger partial charge in [0.15, 0.2) is 0 Å². The van der Waals surface area contributed by atoms with Crippen LogP contribution in [-0.4, -0.2) is 32.5 Å². The molecule has 0 aromatic heterocycles. The summed E-state index contributed by atoms with van der Waals surface area (Å²) in [5.74, 6) is -0.402. The van der Waals surface area contributed by atoms with Crippen molar-refractivity contribution in [2.45, 2.75) is 0 Å². The van der Waals surface area contributed by atoms with Crippen molar-refractivity contribution in [3.05, 3.63) is 44.0 Å². The number of phenols is 1. The van der Waals surface area contributed by atoms with Crippen molar-refractivity contribution in [3.8, 4) is 5.75 Å². The fourth-order valence-electron chi connectivity index (χ4n) is 0.917. The van der Waals surface area contributed by atoms with Crippen LogP contribution < -0.4 is 11.5 Å². The molecule has 0 amide bonds. The number of hydrogen-bond acceptors (Lipinski definition) is 7. The highest BCUT2D eigenvalue weighted by atomic mass is 16.9. The Balaban J connectivity index is 0.000000796. The summed E-state index contributed by atoms with van der Waals surface area (Å²) in [5.41, 5.74) is 10.0. The molecule has 0 atom stereocenters. The molecule has 0 bridgehead atoms. The van der Waals surface area contributed by atoms with Crippen molar-refractivity contribution in [2.75, 3.05) is 0 Å². The van der Waals surface area contributed by atoms with Gasteiger partial charge in [-0.2, -0.15) is 5.10 Å². The van der Waals surface area contributed by atoms with E-state index in [0.717, 1.165) is 12.3 Å². The van der Waals surface area contributed by atoms with E-state index in [1.54, 1.807) is 0 Å². The minimum Gasteiger partial charge on any atom is -0.507 e. The highest BCUT2D eigenvalue weighted by Crippen LogP contribution is 2.21. The van der Waals surface area contributed by atoms with Crippen LogP contribution in [0.5, 0.6) is 5.75 Å². The van der Waals surface area contributed by atoms with Crippen LogP contribution in [0.2, 0.25) is 0 Å². The number of benzene rings is 1. The maximum Gasteiger partial charge on any atom is 0.291 e. The second kappa shape index (κ2) is 7.80. The molecule has 108 valence electrons. The number of phenolic OH excluding ortho intramolecular Hbond substituents is 1. The topological polar surface area (TPSA) is 203 Å². The van der Waals surface area contributed by atoms with Crippen molar-refractivity contribution in [2.24, 2.45) is 21.7 Å². The van der Waals surface area contributed by atoms with E-state index in [0.29, 0.717) is 0 Å². The number of nitro benzene ring substituents is 1. The van der Waals surface area contributed by atoms with E-state index < -0.39 is 10.0 Å². The van der Waals surface area contributed by atoms with E-state index in [4.69, 9.17) is 26.8 Å². The molecule has 0 aliphatic carbocycles. The summed E-state index contributed by atoms with van der Waals surface area (Å²) in [5, 5.41) is 40.2. The summed E-state index contributed by atoms with van der Waals surface area (Å²) in [4.78, 5) is 18.2. The first-order chi connectivity index (χ1) is 9.23. The molecule has 0 aliphatic heterocycles. The lowest BCUT2D eigenvalue weighted by Crippen LogP contribution is -2.21. The van der Waals surface area contributed by atoms with E-state index in [-0.39, 0.29) is 23.0 Å². The van der Waals surface area contributed by atoms with Crippen LogP contribution in [-0.2, 0) is 0 Å². The van der Waals surface area contributed by atoms with Gasteiger partial charge in [0.25, 0.3) is 10.8 Å². The summed E-state index contributed by atoms with van der Waals surface area (Å²) < 4.78 is 0. The van der Waals surface area contributed by atoms with Crippen LogP contribution in [0.1, 0.15) is 5.56 Å². The smallest absolute Gasteiger partial charge is 0.291 e. The van der Waals surface area contributed by atoms with Crippen molar-refractivity contribution < 1.29 is 20.3 Å². The second-order valence-electron chi connectivity index (χ2n) is 3.01. The number of hydrogen-bond donors (Lipinski definition) is 4. The first-order valence-electron chi connectivity index (χ1n) is 4.66. The van der Waals surface area contributed by atoms with Gasteiger partial charge < -0.3 is 21.8 Å².